The number of amides is 2. The molecule has 40 heavy (non-hydrogen) atoms. The molecule has 0 aliphatic carbocycles. The lowest BCUT2D eigenvalue weighted by Crippen LogP contribution is -2.50. The summed E-state index contributed by atoms with van der Waals surface area (Å²) in [5.74, 6) is -0.499. The van der Waals surface area contributed by atoms with Gasteiger partial charge in [-0.05, 0) is 67.6 Å². The SMILES string of the molecule is CCNC(=O)C(Cc1ccccc1)N(Cc1ccccc1Cl)C(=O)CCCN(c1cc(C)cc(C)c1)S(C)(=O)=O. The Hall–Kier alpha value is -3.36. The lowest BCUT2D eigenvalue weighted by atomic mass is 10.0. The van der Waals surface area contributed by atoms with Crippen molar-refractivity contribution >= 4 is 39.1 Å². The van der Waals surface area contributed by atoms with Gasteiger partial charge in [-0.1, -0.05) is 66.2 Å². The number of anilines is 1. The number of nitrogens with zero attached hydrogens (tertiary/aromatic N) is 2. The fourth-order valence-corrected chi connectivity index (χ4v) is 5.90. The topological polar surface area (TPSA) is 86.8 Å². The highest BCUT2D eigenvalue weighted by Crippen LogP contribution is 2.24. The standard InChI is InChI=1S/C31H38ClN3O4S/c1-5-33-31(37)29(21-25-12-7-6-8-13-25)34(22-26-14-9-10-15-28(26)32)30(36)16-11-17-35(40(4,38)39)27-19-23(2)18-24(3)20-27/h6-10,12-15,18-20,29H,5,11,16-17,21-22H2,1-4H3,(H,33,37). The zero-order chi connectivity index (χ0) is 29.3. The van der Waals surface area contributed by atoms with E-state index < -0.39 is 16.1 Å². The Balaban J connectivity index is 1.88. The molecule has 0 spiro atoms. The predicted octanol–water partition coefficient (Wildman–Crippen LogP) is 5.28. The molecule has 0 aliphatic heterocycles. The van der Waals surface area contributed by atoms with Gasteiger partial charge in [0.05, 0.1) is 11.9 Å². The van der Waals surface area contributed by atoms with Crippen molar-refractivity contribution in [3.8, 4) is 0 Å². The molecule has 0 radical (unpaired) electrons. The van der Waals surface area contributed by atoms with Crippen molar-refractivity contribution in [3.63, 3.8) is 0 Å². The minimum Gasteiger partial charge on any atom is -0.355 e. The van der Waals surface area contributed by atoms with E-state index in [0.717, 1.165) is 22.3 Å². The van der Waals surface area contributed by atoms with Crippen LogP contribution in [0.4, 0.5) is 5.69 Å². The average molecular weight is 584 g/mol. The first-order valence-corrected chi connectivity index (χ1v) is 15.6. The fourth-order valence-electron chi connectivity index (χ4n) is 4.75. The van der Waals surface area contributed by atoms with E-state index in [4.69, 9.17) is 11.6 Å². The van der Waals surface area contributed by atoms with Gasteiger partial charge in [0.25, 0.3) is 0 Å². The maximum atomic E-state index is 13.8. The third-order valence-corrected chi connectivity index (χ3v) is 8.13. The molecular weight excluding hydrogens is 546 g/mol. The number of carbonyl (C=O) groups is 2. The number of nitrogens with one attached hydrogen (secondary N) is 1. The lowest BCUT2D eigenvalue weighted by molar-refractivity contribution is -0.141. The van der Waals surface area contributed by atoms with Crippen molar-refractivity contribution < 1.29 is 18.0 Å². The third kappa shape index (κ3) is 8.83. The molecule has 7 nitrogen and oxygen atoms in total. The van der Waals surface area contributed by atoms with Gasteiger partial charge < -0.3 is 10.2 Å². The van der Waals surface area contributed by atoms with Crippen molar-refractivity contribution in [2.24, 2.45) is 0 Å². The molecule has 3 rings (SSSR count). The van der Waals surface area contributed by atoms with Gasteiger partial charge in [0.1, 0.15) is 6.04 Å². The Morgan fingerprint density at radius 2 is 1.57 bits per heavy atom. The number of sulfonamides is 1. The monoisotopic (exact) mass is 583 g/mol. The van der Waals surface area contributed by atoms with E-state index in [2.05, 4.69) is 5.32 Å². The van der Waals surface area contributed by atoms with E-state index in [1.807, 2.05) is 87.5 Å². The number of hydrogen-bond donors (Lipinski definition) is 1. The average Bonchev–Trinajstić information content (AvgIpc) is 2.89. The summed E-state index contributed by atoms with van der Waals surface area (Å²) < 4.78 is 26.7. The Labute approximate surface area is 243 Å². The molecule has 0 heterocycles. The Kier molecular flexibility index (Phi) is 11.2. The van der Waals surface area contributed by atoms with Crippen LogP contribution in [0.5, 0.6) is 0 Å². The number of hydrogen-bond acceptors (Lipinski definition) is 4. The minimum absolute atomic E-state index is 0.0615. The van der Waals surface area contributed by atoms with E-state index in [9.17, 15) is 18.0 Å². The molecule has 3 aromatic carbocycles. The number of likely N-dealkylation sites (N-methyl/N-ethyl adjacent to an activating group) is 1. The summed E-state index contributed by atoms with van der Waals surface area (Å²) in [4.78, 5) is 28.7. The summed E-state index contributed by atoms with van der Waals surface area (Å²) >= 11 is 6.46. The molecule has 0 saturated carbocycles. The molecular formula is C31H38ClN3O4S. The minimum atomic E-state index is -3.57. The van der Waals surface area contributed by atoms with E-state index >= 15 is 0 Å². The molecule has 1 unspecified atom stereocenters. The molecule has 0 aromatic heterocycles. The predicted molar refractivity (Wildman–Crippen MR) is 162 cm³/mol. The second-order valence-electron chi connectivity index (χ2n) is 10.00. The van der Waals surface area contributed by atoms with Crippen LogP contribution < -0.4 is 9.62 Å². The van der Waals surface area contributed by atoms with Crippen molar-refractivity contribution in [1.29, 1.82) is 0 Å². The van der Waals surface area contributed by atoms with E-state index in [0.29, 0.717) is 23.7 Å². The van der Waals surface area contributed by atoms with Crippen LogP contribution in [0.15, 0.2) is 72.8 Å². The number of rotatable bonds is 13. The first-order chi connectivity index (χ1) is 19.0. The van der Waals surface area contributed by atoms with Crippen LogP contribution in [0.3, 0.4) is 0 Å². The van der Waals surface area contributed by atoms with Crippen molar-refractivity contribution in [3.05, 3.63) is 100 Å². The molecule has 3 aromatic rings. The first-order valence-electron chi connectivity index (χ1n) is 13.4. The zero-order valence-electron chi connectivity index (χ0n) is 23.6. The van der Waals surface area contributed by atoms with Crippen molar-refractivity contribution in [2.75, 3.05) is 23.7 Å². The fraction of sp³-hybridized carbons (Fsp3) is 0.355. The maximum Gasteiger partial charge on any atom is 0.243 e. The molecule has 0 aliphatic rings. The van der Waals surface area contributed by atoms with E-state index in [1.165, 1.54) is 10.6 Å². The van der Waals surface area contributed by atoms with Crippen LogP contribution >= 0.6 is 11.6 Å². The van der Waals surface area contributed by atoms with Gasteiger partial charge in [-0.25, -0.2) is 8.42 Å². The molecule has 1 atom stereocenters. The lowest BCUT2D eigenvalue weighted by Gasteiger charge is -2.32. The normalized spacial score (nSPS) is 12.0. The van der Waals surface area contributed by atoms with Crippen molar-refractivity contribution in [1.82, 2.24) is 10.2 Å². The number of carbonyl (C=O) groups excluding carboxylic acids is 2. The molecule has 0 fully saturated rings. The summed E-state index contributed by atoms with van der Waals surface area (Å²) in [6.07, 6.45) is 1.85. The quantitative estimate of drug-likeness (QED) is 0.297. The van der Waals surface area contributed by atoms with Gasteiger partial charge in [0.2, 0.25) is 21.8 Å². The number of aryl methyl sites for hydroxylation is 2. The van der Waals surface area contributed by atoms with E-state index in [-0.39, 0.29) is 37.7 Å². The van der Waals surface area contributed by atoms with Crippen LogP contribution in [-0.4, -0.2) is 50.5 Å². The van der Waals surface area contributed by atoms with Crippen LogP contribution in [0, 0.1) is 13.8 Å². The Morgan fingerprint density at radius 1 is 0.950 bits per heavy atom. The van der Waals surface area contributed by atoms with Gasteiger partial charge in [-0.2, -0.15) is 0 Å². The summed E-state index contributed by atoms with van der Waals surface area (Å²) in [5, 5.41) is 3.38. The third-order valence-electron chi connectivity index (χ3n) is 6.57. The first kappa shape index (κ1) is 31.2. The maximum absolute atomic E-state index is 13.8. The highest BCUT2D eigenvalue weighted by molar-refractivity contribution is 7.92. The summed E-state index contributed by atoms with van der Waals surface area (Å²) in [6, 6.07) is 21.7. The molecule has 0 bridgehead atoms. The largest absolute Gasteiger partial charge is 0.355 e. The number of halogens is 1. The second kappa shape index (κ2) is 14.3. The van der Waals surface area contributed by atoms with Gasteiger partial charge in [0, 0.05) is 37.5 Å². The smallest absolute Gasteiger partial charge is 0.243 e. The van der Waals surface area contributed by atoms with Gasteiger partial charge in [-0.3, -0.25) is 13.9 Å². The van der Waals surface area contributed by atoms with Gasteiger partial charge >= 0.3 is 0 Å². The van der Waals surface area contributed by atoms with Crippen LogP contribution in [0.1, 0.15) is 42.0 Å². The molecule has 1 N–H and O–H groups in total. The zero-order valence-corrected chi connectivity index (χ0v) is 25.1. The summed E-state index contributed by atoms with van der Waals surface area (Å²) in [7, 11) is -3.57. The van der Waals surface area contributed by atoms with E-state index in [1.54, 1.807) is 11.0 Å². The van der Waals surface area contributed by atoms with Crippen LogP contribution in [0.2, 0.25) is 5.02 Å². The van der Waals surface area contributed by atoms with Crippen molar-refractivity contribution in [2.45, 2.75) is 52.6 Å². The van der Waals surface area contributed by atoms with Crippen LogP contribution in [0.25, 0.3) is 0 Å². The Morgan fingerprint density at radius 3 is 2.17 bits per heavy atom. The highest BCUT2D eigenvalue weighted by Gasteiger charge is 2.30. The van der Waals surface area contributed by atoms with Crippen LogP contribution in [-0.2, 0) is 32.6 Å². The molecule has 0 saturated heterocycles. The Bertz CT molecular complexity index is 1390. The molecule has 214 valence electrons. The molecule has 9 heteroatoms. The second-order valence-corrected chi connectivity index (χ2v) is 12.3. The highest BCUT2D eigenvalue weighted by atomic mass is 35.5. The molecule has 2 amide bonds. The summed E-state index contributed by atoms with van der Waals surface area (Å²) in [5.41, 5.74) is 4.14. The number of benzene rings is 3. The van der Waals surface area contributed by atoms with Gasteiger partial charge in [-0.15, -0.1) is 0 Å². The van der Waals surface area contributed by atoms with Gasteiger partial charge in [0.15, 0.2) is 0 Å². The summed E-state index contributed by atoms with van der Waals surface area (Å²) in [6.45, 7) is 6.39.